The van der Waals surface area contributed by atoms with E-state index in [2.05, 4.69) is 16.4 Å². The van der Waals surface area contributed by atoms with Crippen LogP contribution in [-0.2, 0) is 10.5 Å². The van der Waals surface area contributed by atoms with Crippen molar-refractivity contribution in [2.45, 2.75) is 24.5 Å². The fourth-order valence-corrected chi connectivity index (χ4v) is 3.34. The van der Waals surface area contributed by atoms with Crippen LogP contribution in [0.15, 0.2) is 28.5 Å². The van der Waals surface area contributed by atoms with E-state index in [0.29, 0.717) is 5.13 Å². The van der Waals surface area contributed by atoms with E-state index >= 15 is 0 Å². The zero-order chi connectivity index (χ0) is 13.8. The van der Waals surface area contributed by atoms with Crippen molar-refractivity contribution in [2.75, 3.05) is 11.1 Å². The van der Waals surface area contributed by atoms with Crippen LogP contribution < -0.4 is 11.1 Å². The molecule has 1 heterocycles. The van der Waals surface area contributed by atoms with E-state index in [4.69, 9.17) is 5.73 Å². The Balaban J connectivity index is 2.00. The van der Waals surface area contributed by atoms with Gasteiger partial charge in [0.25, 0.3) is 0 Å². The molecule has 0 unspecified atom stereocenters. The normalized spacial score (nSPS) is 10.4. The fourth-order valence-electron chi connectivity index (χ4n) is 1.52. The van der Waals surface area contributed by atoms with Crippen molar-refractivity contribution in [1.29, 1.82) is 0 Å². The van der Waals surface area contributed by atoms with Crippen LogP contribution in [0.4, 0.5) is 10.8 Å². The van der Waals surface area contributed by atoms with Crippen molar-refractivity contribution in [1.82, 2.24) is 4.98 Å². The van der Waals surface area contributed by atoms with E-state index in [1.54, 1.807) is 11.8 Å². The van der Waals surface area contributed by atoms with Gasteiger partial charge in [0, 0.05) is 28.6 Å². The summed E-state index contributed by atoms with van der Waals surface area (Å²) in [5.74, 6) is 0.667. The summed E-state index contributed by atoms with van der Waals surface area (Å²) in [6, 6.07) is 5.91. The number of anilines is 2. The van der Waals surface area contributed by atoms with E-state index in [1.807, 2.05) is 24.4 Å². The average Bonchev–Trinajstić information content (AvgIpc) is 2.78. The SMILES string of the molecule is CC(=O)Nc1nc(CSc2cccc(N)c2C)cs1. The van der Waals surface area contributed by atoms with E-state index in [0.717, 1.165) is 27.6 Å². The van der Waals surface area contributed by atoms with Gasteiger partial charge in [-0.3, -0.25) is 4.79 Å². The molecule has 1 aromatic heterocycles. The summed E-state index contributed by atoms with van der Waals surface area (Å²) in [6.07, 6.45) is 0. The third kappa shape index (κ3) is 3.71. The lowest BCUT2D eigenvalue weighted by Gasteiger charge is -2.06. The number of carbonyl (C=O) groups excluding carboxylic acids is 1. The lowest BCUT2D eigenvalue weighted by molar-refractivity contribution is -0.114. The molecule has 2 rings (SSSR count). The molecule has 0 aliphatic rings. The van der Waals surface area contributed by atoms with Crippen LogP contribution in [-0.4, -0.2) is 10.9 Å². The Labute approximate surface area is 120 Å². The van der Waals surface area contributed by atoms with Crippen LogP contribution in [0.2, 0.25) is 0 Å². The Morgan fingerprint density at radius 1 is 1.53 bits per heavy atom. The Kier molecular flexibility index (Phi) is 4.44. The first-order chi connectivity index (χ1) is 9.06. The van der Waals surface area contributed by atoms with Gasteiger partial charge in [-0.2, -0.15) is 0 Å². The summed E-state index contributed by atoms with van der Waals surface area (Å²) in [4.78, 5) is 16.4. The molecule has 0 saturated carbocycles. The molecule has 0 atom stereocenters. The van der Waals surface area contributed by atoms with Crippen molar-refractivity contribution in [2.24, 2.45) is 0 Å². The van der Waals surface area contributed by atoms with Gasteiger partial charge >= 0.3 is 0 Å². The molecule has 0 spiro atoms. The molecule has 100 valence electrons. The minimum absolute atomic E-state index is 0.0970. The van der Waals surface area contributed by atoms with Crippen molar-refractivity contribution >= 4 is 39.8 Å². The number of amides is 1. The van der Waals surface area contributed by atoms with Gasteiger partial charge in [-0.25, -0.2) is 4.98 Å². The molecule has 3 N–H and O–H groups in total. The van der Waals surface area contributed by atoms with Gasteiger partial charge in [0.05, 0.1) is 5.69 Å². The van der Waals surface area contributed by atoms with Gasteiger partial charge < -0.3 is 11.1 Å². The minimum Gasteiger partial charge on any atom is -0.398 e. The highest BCUT2D eigenvalue weighted by atomic mass is 32.2. The molecule has 19 heavy (non-hydrogen) atoms. The number of hydrogen-bond acceptors (Lipinski definition) is 5. The summed E-state index contributed by atoms with van der Waals surface area (Å²) in [5, 5.41) is 5.29. The number of nitrogens with one attached hydrogen (secondary N) is 1. The molecule has 1 amide bonds. The maximum atomic E-state index is 10.9. The molecule has 0 fully saturated rings. The quantitative estimate of drug-likeness (QED) is 0.670. The van der Waals surface area contributed by atoms with E-state index in [1.165, 1.54) is 18.3 Å². The maximum Gasteiger partial charge on any atom is 0.223 e. The molecular formula is C13H15N3OS2. The highest BCUT2D eigenvalue weighted by molar-refractivity contribution is 7.98. The lowest BCUT2D eigenvalue weighted by atomic mass is 10.2. The summed E-state index contributed by atoms with van der Waals surface area (Å²) < 4.78 is 0. The number of carbonyl (C=O) groups is 1. The molecule has 6 heteroatoms. The maximum absolute atomic E-state index is 10.9. The number of hydrogen-bond donors (Lipinski definition) is 2. The standard InChI is InChI=1S/C13H15N3OS2/c1-8-11(14)4-3-5-12(8)18-6-10-7-19-13(16-10)15-9(2)17/h3-5,7H,6,14H2,1-2H3,(H,15,16,17). The second-order valence-electron chi connectivity index (χ2n) is 4.08. The number of nitrogens with zero attached hydrogens (tertiary/aromatic N) is 1. The Bertz CT molecular complexity index is 595. The number of aromatic nitrogens is 1. The largest absolute Gasteiger partial charge is 0.398 e. The van der Waals surface area contributed by atoms with E-state index < -0.39 is 0 Å². The smallest absolute Gasteiger partial charge is 0.223 e. The number of nitrogen functional groups attached to an aromatic ring is 1. The lowest BCUT2D eigenvalue weighted by Crippen LogP contribution is -2.05. The fraction of sp³-hybridized carbons (Fsp3) is 0.231. The number of benzene rings is 1. The van der Waals surface area contributed by atoms with Crippen molar-refractivity contribution in [3.63, 3.8) is 0 Å². The first-order valence-corrected chi connectivity index (χ1v) is 7.62. The number of thioether (sulfide) groups is 1. The highest BCUT2D eigenvalue weighted by Gasteiger charge is 2.06. The van der Waals surface area contributed by atoms with Crippen LogP contribution >= 0.6 is 23.1 Å². The molecule has 0 bridgehead atoms. The van der Waals surface area contributed by atoms with Gasteiger partial charge in [0.2, 0.25) is 5.91 Å². The topological polar surface area (TPSA) is 68.0 Å². The molecule has 2 aromatic rings. The summed E-state index contributed by atoms with van der Waals surface area (Å²) >= 11 is 3.14. The monoisotopic (exact) mass is 293 g/mol. The molecule has 0 aliphatic carbocycles. The summed E-state index contributed by atoms with van der Waals surface area (Å²) in [6.45, 7) is 3.49. The Hall–Kier alpha value is -1.53. The third-order valence-electron chi connectivity index (χ3n) is 2.54. The van der Waals surface area contributed by atoms with Gasteiger partial charge in [0.1, 0.15) is 0 Å². The summed E-state index contributed by atoms with van der Waals surface area (Å²) in [5.41, 5.74) is 8.74. The molecule has 4 nitrogen and oxygen atoms in total. The van der Waals surface area contributed by atoms with Crippen LogP contribution in [0, 0.1) is 6.92 Å². The zero-order valence-electron chi connectivity index (χ0n) is 10.8. The van der Waals surface area contributed by atoms with Gasteiger partial charge in [-0.1, -0.05) is 6.07 Å². The summed E-state index contributed by atoms with van der Waals surface area (Å²) in [7, 11) is 0. The van der Waals surface area contributed by atoms with Crippen molar-refractivity contribution < 1.29 is 4.79 Å². The average molecular weight is 293 g/mol. The molecule has 0 radical (unpaired) electrons. The first kappa shape index (κ1) is 13.9. The van der Waals surface area contributed by atoms with Gasteiger partial charge in [0.15, 0.2) is 5.13 Å². The highest BCUT2D eigenvalue weighted by Crippen LogP contribution is 2.29. The molecule has 0 saturated heterocycles. The van der Waals surface area contributed by atoms with Crippen LogP contribution in [0.25, 0.3) is 0 Å². The number of rotatable bonds is 4. The third-order valence-corrected chi connectivity index (χ3v) is 4.54. The van der Waals surface area contributed by atoms with E-state index in [-0.39, 0.29) is 5.91 Å². The van der Waals surface area contributed by atoms with Gasteiger partial charge in [-0.15, -0.1) is 23.1 Å². The minimum atomic E-state index is -0.0970. The predicted molar refractivity (Wildman–Crippen MR) is 81.6 cm³/mol. The van der Waals surface area contributed by atoms with Crippen molar-refractivity contribution in [3.8, 4) is 0 Å². The van der Waals surface area contributed by atoms with Crippen LogP contribution in [0.1, 0.15) is 18.2 Å². The molecular weight excluding hydrogens is 278 g/mol. The van der Waals surface area contributed by atoms with Crippen molar-refractivity contribution in [3.05, 3.63) is 34.8 Å². The second kappa shape index (κ2) is 6.08. The predicted octanol–water partition coefficient (Wildman–Crippen LogP) is 3.28. The van der Waals surface area contributed by atoms with Crippen LogP contribution in [0.5, 0.6) is 0 Å². The Morgan fingerprint density at radius 3 is 3.05 bits per heavy atom. The molecule has 0 aliphatic heterocycles. The van der Waals surface area contributed by atoms with Gasteiger partial charge in [-0.05, 0) is 24.6 Å². The first-order valence-electron chi connectivity index (χ1n) is 5.76. The van der Waals surface area contributed by atoms with E-state index in [9.17, 15) is 4.79 Å². The number of thiazole rings is 1. The molecule has 1 aromatic carbocycles. The Morgan fingerprint density at radius 2 is 2.32 bits per heavy atom. The zero-order valence-corrected chi connectivity index (χ0v) is 12.4. The van der Waals surface area contributed by atoms with Crippen LogP contribution in [0.3, 0.4) is 0 Å². The number of nitrogens with two attached hydrogens (primary N) is 1. The second-order valence-corrected chi connectivity index (χ2v) is 5.96.